The van der Waals surface area contributed by atoms with E-state index in [1.54, 1.807) is 23.4 Å². The molecule has 3 fully saturated rings. The second-order valence-electron chi connectivity index (χ2n) is 8.90. The van der Waals surface area contributed by atoms with Crippen LogP contribution in [0.25, 0.3) is 6.08 Å². The van der Waals surface area contributed by atoms with E-state index in [1.807, 2.05) is 6.08 Å². The molecule has 8 heteroatoms. The fraction of sp³-hybridized carbons (Fsp3) is 0.565. The summed E-state index contributed by atoms with van der Waals surface area (Å²) in [5.41, 5.74) is 1.25. The van der Waals surface area contributed by atoms with Gasteiger partial charge in [0.15, 0.2) is 0 Å². The first-order valence-electron chi connectivity index (χ1n) is 11.0. The Bertz CT molecular complexity index is 1060. The first-order chi connectivity index (χ1) is 14.8. The molecule has 1 aliphatic carbocycles. The lowest BCUT2D eigenvalue weighted by atomic mass is 9.98. The Morgan fingerprint density at radius 1 is 1.19 bits per heavy atom. The van der Waals surface area contributed by atoms with Crippen molar-refractivity contribution in [3.8, 4) is 6.07 Å². The van der Waals surface area contributed by atoms with Crippen molar-refractivity contribution >= 4 is 46.1 Å². The van der Waals surface area contributed by atoms with Gasteiger partial charge in [-0.1, -0.05) is 43.7 Å². The van der Waals surface area contributed by atoms with Crippen LogP contribution >= 0.6 is 24.0 Å². The van der Waals surface area contributed by atoms with Crippen LogP contribution < -0.4 is 10.5 Å². The zero-order valence-corrected chi connectivity index (χ0v) is 19.9. The van der Waals surface area contributed by atoms with Crippen LogP contribution in [0.1, 0.15) is 62.1 Å². The van der Waals surface area contributed by atoms with Crippen molar-refractivity contribution in [1.82, 2.24) is 9.47 Å². The summed E-state index contributed by atoms with van der Waals surface area (Å²) in [6.45, 7) is 5.73. The number of rotatable bonds is 3. The molecular formula is C23H28N4O2S2. The van der Waals surface area contributed by atoms with Gasteiger partial charge in [0, 0.05) is 31.7 Å². The molecule has 31 heavy (non-hydrogen) atoms. The number of thioether (sulfide) groups is 1. The number of thiocarbonyl (C=S) groups is 1. The molecule has 1 aromatic heterocycles. The van der Waals surface area contributed by atoms with Crippen molar-refractivity contribution in [2.45, 2.75) is 58.4 Å². The number of nitriles is 1. The topological polar surface area (TPSA) is 69.3 Å². The Labute approximate surface area is 192 Å². The van der Waals surface area contributed by atoms with E-state index in [0.29, 0.717) is 20.7 Å². The molecule has 4 rings (SSSR count). The average Bonchev–Trinajstić information content (AvgIpc) is 3.34. The molecule has 1 saturated carbocycles. The first kappa shape index (κ1) is 22.1. The molecule has 0 bridgehead atoms. The van der Waals surface area contributed by atoms with Gasteiger partial charge in [-0.25, -0.2) is 0 Å². The zero-order valence-electron chi connectivity index (χ0n) is 18.3. The molecule has 0 spiro atoms. The van der Waals surface area contributed by atoms with E-state index < -0.39 is 0 Å². The van der Waals surface area contributed by atoms with E-state index in [-0.39, 0.29) is 23.1 Å². The first-order valence-corrected chi connectivity index (χ1v) is 12.2. The van der Waals surface area contributed by atoms with Gasteiger partial charge in [0.25, 0.3) is 11.5 Å². The minimum Gasteiger partial charge on any atom is -0.357 e. The highest BCUT2D eigenvalue weighted by Gasteiger charge is 2.38. The maximum Gasteiger partial charge on any atom is 0.270 e. The average molecular weight is 457 g/mol. The van der Waals surface area contributed by atoms with Gasteiger partial charge in [0.2, 0.25) is 0 Å². The van der Waals surface area contributed by atoms with E-state index in [9.17, 15) is 14.9 Å². The summed E-state index contributed by atoms with van der Waals surface area (Å²) in [4.78, 5) is 30.7. The standard InChI is InChI=1S/C23H28N4O2S2/c1-14-7-6-10-26(13-14)20-17(15(2)18(12-24)21(28)25(20)3)11-19-22(29)27(23(30)31-19)16-8-4-5-9-16/h11,14,16H,4-10,13H2,1-3H3/b19-11+. The van der Waals surface area contributed by atoms with Gasteiger partial charge < -0.3 is 4.90 Å². The number of piperidine rings is 1. The van der Waals surface area contributed by atoms with E-state index in [4.69, 9.17) is 12.2 Å². The fourth-order valence-corrected chi connectivity index (χ4v) is 6.45. The van der Waals surface area contributed by atoms with Crippen LogP contribution in [0.5, 0.6) is 0 Å². The molecule has 2 aliphatic heterocycles. The molecule has 3 heterocycles. The van der Waals surface area contributed by atoms with Crippen LogP contribution in [0.3, 0.4) is 0 Å². The SMILES string of the molecule is Cc1c(/C=C2/SC(=S)N(C3CCCC3)C2=O)c(N2CCCC(C)C2)n(C)c(=O)c1C#N. The predicted octanol–water partition coefficient (Wildman–Crippen LogP) is 3.95. The largest absolute Gasteiger partial charge is 0.357 e. The number of hydrogen-bond acceptors (Lipinski definition) is 6. The summed E-state index contributed by atoms with van der Waals surface area (Å²) < 4.78 is 2.19. The van der Waals surface area contributed by atoms with Gasteiger partial charge in [0.05, 0.1) is 4.91 Å². The highest BCUT2D eigenvalue weighted by atomic mass is 32.2. The predicted molar refractivity (Wildman–Crippen MR) is 129 cm³/mol. The molecule has 1 amide bonds. The number of carbonyl (C=O) groups is 1. The number of hydrogen-bond donors (Lipinski definition) is 0. The summed E-state index contributed by atoms with van der Waals surface area (Å²) in [6, 6.07) is 2.26. The van der Waals surface area contributed by atoms with Crippen LogP contribution in [0.2, 0.25) is 0 Å². The lowest BCUT2D eigenvalue weighted by Gasteiger charge is -2.35. The summed E-state index contributed by atoms with van der Waals surface area (Å²) in [6.07, 6.45) is 8.32. The van der Waals surface area contributed by atoms with E-state index in [0.717, 1.165) is 63.0 Å². The molecule has 3 aliphatic rings. The number of carbonyl (C=O) groups excluding carboxylic acids is 1. The highest BCUT2D eigenvalue weighted by Crippen LogP contribution is 2.39. The monoisotopic (exact) mass is 456 g/mol. The van der Waals surface area contributed by atoms with Gasteiger partial charge in [-0.3, -0.25) is 19.1 Å². The van der Waals surface area contributed by atoms with Gasteiger partial charge in [0.1, 0.15) is 21.8 Å². The van der Waals surface area contributed by atoms with Crippen molar-refractivity contribution in [1.29, 1.82) is 5.26 Å². The van der Waals surface area contributed by atoms with Crippen LogP contribution in [0, 0.1) is 24.2 Å². The molecule has 0 radical (unpaired) electrons. The molecule has 164 valence electrons. The molecule has 1 unspecified atom stereocenters. The van der Waals surface area contributed by atoms with Crippen molar-refractivity contribution < 1.29 is 4.79 Å². The number of anilines is 1. The van der Waals surface area contributed by atoms with Crippen molar-refractivity contribution in [2.75, 3.05) is 18.0 Å². The maximum absolute atomic E-state index is 13.3. The van der Waals surface area contributed by atoms with Crippen LogP contribution in [0.4, 0.5) is 5.82 Å². The molecule has 6 nitrogen and oxygen atoms in total. The van der Waals surface area contributed by atoms with E-state index in [2.05, 4.69) is 17.9 Å². The number of aromatic nitrogens is 1. The van der Waals surface area contributed by atoms with Crippen LogP contribution in [-0.2, 0) is 11.8 Å². The Morgan fingerprint density at radius 2 is 1.90 bits per heavy atom. The van der Waals surface area contributed by atoms with E-state index >= 15 is 0 Å². The number of amides is 1. The summed E-state index contributed by atoms with van der Waals surface area (Å²) in [5.74, 6) is 1.26. The molecule has 2 saturated heterocycles. The van der Waals surface area contributed by atoms with E-state index in [1.165, 1.54) is 11.8 Å². The third kappa shape index (κ3) is 3.94. The van der Waals surface area contributed by atoms with Crippen molar-refractivity contribution in [3.63, 3.8) is 0 Å². The second kappa shape index (κ2) is 8.79. The lowest BCUT2D eigenvalue weighted by molar-refractivity contribution is -0.123. The number of nitrogens with zero attached hydrogens (tertiary/aromatic N) is 4. The Kier molecular flexibility index (Phi) is 6.27. The van der Waals surface area contributed by atoms with Gasteiger partial charge >= 0.3 is 0 Å². The third-order valence-electron chi connectivity index (χ3n) is 6.71. The zero-order chi connectivity index (χ0) is 22.3. The van der Waals surface area contributed by atoms with Crippen molar-refractivity contribution in [2.24, 2.45) is 13.0 Å². The summed E-state index contributed by atoms with van der Waals surface area (Å²) >= 11 is 6.89. The Balaban J connectivity index is 1.83. The van der Waals surface area contributed by atoms with Gasteiger partial charge in [-0.15, -0.1) is 0 Å². The van der Waals surface area contributed by atoms with Crippen LogP contribution in [-0.4, -0.2) is 38.8 Å². The third-order valence-corrected chi connectivity index (χ3v) is 8.04. The minimum absolute atomic E-state index is 0.0494. The Hall–Kier alpha value is -2.11. The summed E-state index contributed by atoms with van der Waals surface area (Å²) in [5, 5.41) is 9.63. The molecule has 0 aromatic carbocycles. The van der Waals surface area contributed by atoms with Crippen molar-refractivity contribution in [3.05, 3.63) is 31.9 Å². The van der Waals surface area contributed by atoms with Crippen LogP contribution in [0.15, 0.2) is 9.70 Å². The molecule has 0 N–H and O–H groups in total. The normalized spacial score (nSPS) is 23.8. The molecule has 1 atom stereocenters. The minimum atomic E-state index is -0.288. The highest BCUT2D eigenvalue weighted by molar-refractivity contribution is 8.26. The molecular weight excluding hydrogens is 428 g/mol. The molecule has 1 aromatic rings. The second-order valence-corrected chi connectivity index (χ2v) is 10.6. The maximum atomic E-state index is 13.3. The Morgan fingerprint density at radius 3 is 2.55 bits per heavy atom. The fourth-order valence-electron chi connectivity index (χ4n) is 5.06. The summed E-state index contributed by atoms with van der Waals surface area (Å²) in [7, 11) is 1.72. The van der Waals surface area contributed by atoms with Gasteiger partial charge in [-0.05, 0) is 50.2 Å². The van der Waals surface area contributed by atoms with Gasteiger partial charge in [-0.2, -0.15) is 5.26 Å². The lowest BCUT2D eigenvalue weighted by Crippen LogP contribution is -2.39. The smallest absolute Gasteiger partial charge is 0.270 e. The number of pyridine rings is 1. The quantitative estimate of drug-likeness (QED) is 0.507.